The fraction of sp³-hybridized carbons (Fsp3) is 0.364. The number of ketones is 1. The number of carbonyl (C=O) groups is 2. The van der Waals surface area contributed by atoms with Gasteiger partial charge in [-0.3, -0.25) is 9.59 Å². The number of Topliss-reactive ketones (excluding diaryl/α,β-unsaturated/α-hetero) is 1. The topological polar surface area (TPSA) is 73.9 Å². The first kappa shape index (κ1) is 21.3. The van der Waals surface area contributed by atoms with Gasteiger partial charge in [0.15, 0.2) is 17.3 Å². The van der Waals surface area contributed by atoms with Crippen LogP contribution in [0.4, 0.5) is 5.69 Å². The smallest absolute Gasteiger partial charge is 0.224 e. The van der Waals surface area contributed by atoms with Gasteiger partial charge >= 0.3 is 0 Å². The lowest BCUT2D eigenvalue weighted by atomic mass is 10.1. The quantitative estimate of drug-likeness (QED) is 0.456. The zero-order chi connectivity index (χ0) is 20.4. The van der Waals surface area contributed by atoms with E-state index >= 15 is 0 Å². The van der Waals surface area contributed by atoms with Crippen LogP contribution in [0.25, 0.3) is 0 Å². The SMILES string of the molecule is CCCOc1cccc(NC(=O)CCCOc2ccc(C(C)=O)cc2OC)c1. The minimum atomic E-state index is -0.0878. The molecule has 2 aromatic carbocycles. The van der Waals surface area contributed by atoms with E-state index in [-0.39, 0.29) is 11.7 Å². The molecule has 2 rings (SSSR count). The number of anilines is 1. The summed E-state index contributed by atoms with van der Waals surface area (Å²) in [6.07, 6.45) is 1.81. The summed E-state index contributed by atoms with van der Waals surface area (Å²) in [4.78, 5) is 23.6. The van der Waals surface area contributed by atoms with Gasteiger partial charge in [0.1, 0.15) is 5.75 Å². The second-order valence-corrected chi connectivity index (χ2v) is 6.30. The second-order valence-electron chi connectivity index (χ2n) is 6.30. The molecule has 0 aliphatic heterocycles. The highest BCUT2D eigenvalue weighted by Gasteiger charge is 2.09. The molecule has 0 atom stereocenters. The van der Waals surface area contributed by atoms with Crippen molar-refractivity contribution < 1.29 is 23.8 Å². The number of ether oxygens (including phenoxy) is 3. The van der Waals surface area contributed by atoms with Crippen molar-refractivity contribution in [3.05, 3.63) is 48.0 Å². The second kappa shape index (κ2) is 11.0. The Morgan fingerprint density at radius 2 is 1.82 bits per heavy atom. The van der Waals surface area contributed by atoms with Gasteiger partial charge in [0.2, 0.25) is 5.91 Å². The molecule has 0 radical (unpaired) electrons. The molecule has 0 saturated heterocycles. The minimum absolute atomic E-state index is 0.0364. The first-order valence-electron chi connectivity index (χ1n) is 9.38. The van der Waals surface area contributed by atoms with Gasteiger partial charge in [-0.1, -0.05) is 13.0 Å². The normalized spacial score (nSPS) is 10.2. The predicted molar refractivity (Wildman–Crippen MR) is 109 cm³/mol. The van der Waals surface area contributed by atoms with E-state index in [0.29, 0.717) is 48.8 Å². The molecule has 0 bridgehead atoms. The molecular formula is C22H27NO5. The molecule has 0 heterocycles. The Morgan fingerprint density at radius 1 is 1.00 bits per heavy atom. The largest absolute Gasteiger partial charge is 0.494 e. The van der Waals surface area contributed by atoms with Gasteiger partial charge in [-0.25, -0.2) is 0 Å². The third kappa shape index (κ3) is 6.61. The molecule has 2 aromatic rings. The fourth-order valence-electron chi connectivity index (χ4n) is 2.53. The fourth-order valence-corrected chi connectivity index (χ4v) is 2.53. The van der Waals surface area contributed by atoms with Crippen LogP contribution >= 0.6 is 0 Å². The molecule has 0 saturated carbocycles. The Morgan fingerprint density at radius 3 is 2.54 bits per heavy atom. The zero-order valence-electron chi connectivity index (χ0n) is 16.6. The number of amides is 1. The van der Waals surface area contributed by atoms with Crippen molar-refractivity contribution in [2.45, 2.75) is 33.1 Å². The van der Waals surface area contributed by atoms with E-state index in [4.69, 9.17) is 14.2 Å². The number of benzene rings is 2. The molecule has 0 aliphatic rings. The van der Waals surface area contributed by atoms with Gasteiger partial charge in [0.05, 0.1) is 20.3 Å². The highest BCUT2D eigenvalue weighted by atomic mass is 16.5. The van der Waals surface area contributed by atoms with Crippen molar-refractivity contribution in [3.63, 3.8) is 0 Å². The van der Waals surface area contributed by atoms with E-state index in [0.717, 1.165) is 12.2 Å². The lowest BCUT2D eigenvalue weighted by Gasteiger charge is -2.12. The molecule has 6 heteroatoms. The molecule has 0 aromatic heterocycles. The van der Waals surface area contributed by atoms with Crippen molar-refractivity contribution in [2.24, 2.45) is 0 Å². The minimum Gasteiger partial charge on any atom is -0.494 e. The van der Waals surface area contributed by atoms with Gasteiger partial charge in [0.25, 0.3) is 0 Å². The van der Waals surface area contributed by atoms with Crippen molar-refractivity contribution >= 4 is 17.4 Å². The van der Waals surface area contributed by atoms with Crippen LogP contribution in [0.1, 0.15) is 43.5 Å². The Balaban J connectivity index is 1.79. The summed E-state index contributed by atoms with van der Waals surface area (Å²) in [5, 5.41) is 2.86. The number of hydrogen-bond acceptors (Lipinski definition) is 5. The van der Waals surface area contributed by atoms with Gasteiger partial charge in [-0.15, -0.1) is 0 Å². The predicted octanol–water partition coefficient (Wildman–Crippen LogP) is 4.48. The van der Waals surface area contributed by atoms with Crippen LogP contribution in [0.15, 0.2) is 42.5 Å². The molecule has 0 unspecified atom stereocenters. The molecule has 28 heavy (non-hydrogen) atoms. The Bertz CT molecular complexity index is 803. The molecular weight excluding hydrogens is 358 g/mol. The third-order valence-corrected chi connectivity index (χ3v) is 3.97. The van der Waals surface area contributed by atoms with E-state index in [1.807, 2.05) is 31.2 Å². The zero-order valence-corrected chi connectivity index (χ0v) is 16.6. The number of rotatable bonds is 11. The number of carbonyl (C=O) groups excluding carboxylic acids is 2. The van der Waals surface area contributed by atoms with Crippen molar-refractivity contribution in [2.75, 3.05) is 25.6 Å². The summed E-state index contributed by atoms with van der Waals surface area (Å²) in [5.41, 5.74) is 1.27. The van der Waals surface area contributed by atoms with Crippen LogP contribution in [0.5, 0.6) is 17.2 Å². The van der Waals surface area contributed by atoms with Gasteiger partial charge < -0.3 is 19.5 Å². The van der Waals surface area contributed by atoms with Crippen molar-refractivity contribution in [1.29, 1.82) is 0 Å². The van der Waals surface area contributed by atoms with Crippen molar-refractivity contribution in [3.8, 4) is 17.2 Å². The van der Waals surface area contributed by atoms with Crippen LogP contribution in [0.3, 0.4) is 0 Å². The van der Waals surface area contributed by atoms with Crippen molar-refractivity contribution in [1.82, 2.24) is 0 Å². The lowest BCUT2D eigenvalue weighted by molar-refractivity contribution is -0.116. The van der Waals surface area contributed by atoms with Crippen LogP contribution in [0.2, 0.25) is 0 Å². The highest BCUT2D eigenvalue weighted by molar-refractivity contribution is 5.94. The maximum absolute atomic E-state index is 12.1. The van der Waals surface area contributed by atoms with Gasteiger partial charge in [0, 0.05) is 23.7 Å². The Kier molecular flexibility index (Phi) is 8.34. The first-order valence-corrected chi connectivity index (χ1v) is 9.38. The van der Waals surface area contributed by atoms with Crippen LogP contribution in [-0.4, -0.2) is 32.0 Å². The van der Waals surface area contributed by atoms with Crippen LogP contribution < -0.4 is 19.5 Å². The van der Waals surface area contributed by atoms with E-state index in [2.05, 4.69) is 5.32 Å². The summed E-state index contributed by atoms with van der Waals surface area (Å²) < 4.78 is 16.5. The Labute approximate surface area is 165 Å². The molecule has 1 amide bonds. The standard InChI is InChI=1S/C22H27NO5/c1-4-12-27-19-8-5-7-18(15-19)23-22(25)9-6-13-28-20-11-10-17(16(2)24)14-21(20)26-3/h5,7-8,10-11,14-15H,4,6,9,12-13H2,1-3H3,(H,23,25). The number of methoxy groups -OCH3 is 1. The monoisotopic (exact) mass is 385 g/mol. The number of nitrogens with one attached hydrogen (secondary N) is 1. The first-order chi connectivity index (χ1) is 13.5. The Hall–Kier alpha value is -3.02. The maximum atomic E-state index is 12.1. The summed E-state index contributed by atoms with van der Waals surface area (Å²) in [5.74, 6) is 1.67. The average molecular weight is 385 g/mol. The van der Waals surface area contributed by atoms with Crippen LogP contribution in [0, 0.1) is 0 Å². The molecule has 1 N–H and O–H groups in total. The summed E-state index contributed by atoms with van der Waals surface area (Å²) in [6.45, 7) is 4.55. The molecule has 6 nitrogen and oxygen atoms in total. The molecule has 150 valence electrons. The lowest BCUT2D eigenvalue weighted by Crippen LogP contribution is -2.13. The number of hydrogen-bond donors (Lipinski definition) is 1. The maximum Gasteiger partial charge on any atom is 0.224 e. The molecule has 0 fully saturated rings. The van der Waals surface area contributed by atoms with E-state index in [1.165, 1.54) is 14.0 Å². The summed E-state index contributed by atoms with van der Waals surface area (Å²) in [7, 11) is 1.53. The summed E-state index contributed by atoms with van der Waals surface area (Å²) >= 11 is 0. The van der Waals surface area contributed by atoms with Crippen LogP contribution in [-0.2, 0) is 4.79 Å². The van der Waals surface area contributed by atoms with E-state index in [1.54, 1.807) is 18.2 Å². The van der Waals surface area contributed by atoms with E-state index < -0.39 is 0 Å². The summed E-state index contributed by atoms with van der Waals surface area (Å²) in [6, 6.07) is 12.4. The van der Waals surface area contributed by atoms with Gasteiger partial charge in [-0.2, -0.15) is 0 Å². The third-order valence-electron chi connectivity index (χ3n) is 3.97. The molecule has 0 spiro atoms. The molecule has 0 aliphatic carbocycles. The highest BCUT2D eigenvalue weighted by Crippen LogP contribution is 2.28. The van der Waals surface area contributed by atoms with Gasteiger partial charge in [-0.05, 0) is 50.1 Å². The average Bonchev–Trinajstić information content (AvgIpc) is 2.69. The van der Waals surface area contributed by atoms with E-state index in [9.17, 15) is 9.59 Å².